The van der Waals surface area contributed by atoms with Crippen molar-refractivity contribution in [3.8, 4) is 0 Å². The number of anilines is 1. The lowest BCUT2D eigenvalue weighted by molar-refractivity contribution is 0.102. The van der Waals surface area contributed by atoms with Gasteiger partial charge in [-0.2, -0.15) is 0 Å². The van der Waals surface area contributed by atoms with Gasteiger partial charge in [0.1, 0.15) is 5.52 Å². The number of fused-ring (bicyclic) bond motifs is 1. The molecule has 0 unspecified atom stereocenters. The summed E-state index contributed by atoms with van der Waals surface area (Å²) < 4.78 is 0. The lowest BCUT2D eigenvalue weighted by atomic mass is 10.1. The number of carbonyl (C=O) groups is 1. The average Bonchev–Trinajstić information content (AvgIpc) is 2.48. The lowest BCUT2D eigenvalue weighted by Gasteiger charge is -2.08. The van der Waals surface area contributed by atoms with E-state index >= 15 is 0 Å². The lowest BCUT2D eigenvalue weighted by Crippen LogP contribution is -2.14. The molecule has 1 heterocycles. The fraction of sp³-hybridized carbons (Fsp3) is 0.0625. The van der Waals surface area contributed by atoms with Gasteiger partial charge in [-0.25, -0.2) is 4.98 Å². The Hall–Kier alpha value is -2.95. The van der Waals surface area contributed by atoms with Crippen LogP contribution >= 0.6 is 0 Å². The molecule has 2 N–H and O–H groups in total. The zero-order valence-electron chi connectivity index (χ0n) is 11.4. The van der Waals surface area contributed by atoms with Gasteiger partial charge >= 0.3 is 0 Å². The van der Waals surface area contributed by atoms with Gasteiger partial charge in [0.05, 0.1) is 17.4 Å². The number of hydrogen-bond acceptors (Lipinski definition) is 3. The molecule has 0 aliphatic carbocycles. The summed E-state index contributed by atoms with van der Waals surface area (Å²) in [5.74, 6) is -0.228. The summed E-state index contributed by atoms with van der Waals surface area (Å²) in [6.07, 6.45) is 1.33. The average molecular weight is 279 g/mol. The Labute approximate surface area is 120 Å². The first-order valence-electron chi connectivity index (χ1n) is 6.49. The van der Waals surface area contributed by atoms with Gasteiger partial charge in [0, 0.05) is 5.56 Å². The standard InChI is InChI=1S/C16H13N3O2/c1-10-4-2-5-11(8-10)15(20)19-13-7-3-6-12-14(13)17-9-18-16(12)21/h2-9H,1H3,(H,19,20)(H,17,18,21). The van der Waals surface area contributed by atoms with Gasteiger partial charge < -0.3 is 10.3 Å². The smallest absolute Gasteiger partial charge is 0.258 e. The number of amides is 1. The van der Waals surface area contributed by atoms with Crippen molar-refractivity contribution in [1.29, 1.82) is 0 Å². The predicted molar refractivity (Wildman–Crippen MR) is 81.5 cm³/mol. The summed E-state index contributed by atoms with van der Waals surface area (Å²) in [6, 6.07) is 12.4. The van der Waals surface area contributed by atoms with Crippen LogP contribution in [0.4, 0.5) is 5.69 Å². The van der Waals surface area contributed by atoms with Crippen LogP contribution in [0.2, 0.25) is 0 Å². The van der Waals surface area contributed by atoms with Crippen molar-refractivity contribution in [2.24, 2.45) is 0 Å². The Morgan fingerprint density at radius 2 is 2.00 bits per heavy atom. The van der Waals surface area contributed by atoms with E-state index in [2.05, 4.69) is 15.3 Å². The fourth-order valence-corrected chi connectivity index (χ4v) is 2.18. The molecule has 2 aromatic carbocycles. The zero-order valence-corrected chi connectivity index (χ0v) is 11.4. The molecule has 0 saturated heterocycles. The quantitative estimate of drug-likeness (QED) is 0.756. The third-order valence-corrected chi connectivity index (χ3v) is 3.20. The van der Waals surface area contributed by atoms with Crippen LogP contribution in [-0.4, -0.2) is 15.9 Å². The third-order valence-electron chi connectivity index (χ3n) is 3.20. The molecule has 0 bridgehead atoms. The number of benzene rings is 2. The van der Waals surface area contributed by atoms with Gasteiger partial charge in [0.25, 0.3) is 11.5 Å². The molecule has 3 aromatic rings. The summed E-state index contributed by atoms with van der Waals surface area (Å²) in [6.45, 7) is 1.93. The Bertz CT molecular complexity index is 884. The largest absolute Gasteiger partial charge is 0.320 e. The molecule has 0 fully saturated rings. The Kier molecular flexibility index (Phi) is 3.23. The third kappa shape index (κ3) is 2.53. The van der Waals surface area contributed by atoms with E-state index in [-0.39, 0.29) is 11.5 Å². The molecule has 5 nitrogen and oxygen atoms in total. The molecule has 0 aliphatic rings. The van der Waals surface area contributed by atoms with E-state index in [0.717, 1.165) is 5.56 Å². The SMILES string of the molecule is Cc1cccc(C(=O)Nc2cccc3c(=O)[nH]cnc23)c1. The van der Waals surface area contributed by atoms with Gasteiger partial charge in [-0.05, 0) is 31.2 Å². The molecule has 0 atom stereocenters. The van der Waals surface area contributed by atoms with Crippen LogP contribution in [0.5, 0.6) is 0 Å². The molecule has 5 heteroatoms. The number of aromatic amines is 1. The molecular weight excluding hydrogens is 266 g/mol. The number of nitrogens with zero attached hydrogens (tertiary/aromatic N) is 1. The van der Waals surface area contributed by atoms with Crippen LogP contribution in [0.25, 0.3) is 10.9 Å². The normalized spacial score (nSPS) is 10.5. The van der Waals surface area contributed by atoms with E-state index in [9.17, 15) is 9.59 Å². The van der Waals surface area contributed by atoms with Crippen molar-refractivity contribution in [2.45, 2.75) is 6.92 Å². The highest BCUT2D eigenvalue weighted by atomic mass is 16.1. The maximum atomic E-state index is 12.3. The highest BCUT2D eigenvalue weighted by Crippen LogP contribution is 2.19. The van der Waals surface area contributed by atoms with Gasteiger partial charge in [0.2, 0.25) is 0 Å². The molecule has 104 valence electrons. The molecular formula is C16H13N3O2. The van der Waals surface area contributed by atoms with Crippen molar-refractivity contribution < 1.29 is 4.79 Å². The second-order valence-electron chi connectivity index (χ2n) is 4.76. The highest BCUT2D eigenvalue weighted by molar-refractivity contribution is 6.08. The maximum absolute atomic E-state index is 12.3. The van der Waals surface area contributed by atoms with Gasteiger partial charge in [-0.3, -0.25) is 9.59 Å². The van der Waals surface area contributed by atoms with E-state index in [1.165, 1.54) is 6.33 Å². The molecule has 3 rings (SSSR count). The first-order valence-corrected chi connectivity index (χ1v) is 6.49. The molecule has 0 aliphatic heterocycles. The van der Waals surface area contributed by atoms with E-state index < -0.39 is 0 Å². The number of aromatic nitrogens is 2. The molecule has 0 spiro atoms. The predicted octanol–water partition coefficient (Wildman–Crippen LogP) is 2.48. The first kappa shape index (κ1) is 13.1. The van der Waals surface area contributed by atoms with Crippen LogP contribution in [0.3, 0.4) is 0 Å². The maximum Gasteiger partial charge on any atom is 0.258 e. The van der Waals surface area contributed by atoms with Crippen molar-refractivity contribution in [1.82, 2.24) is 9.97 Å². The van der Waals surface area contributed by atoms with Gasteiger partial charge in [0.15, 0.2) is 0 Å². The first-order chi connectivity index (χ1) is 10.1. The van der Waals surface area contributed by atoms with E-state index in [0.29, 0.717) is 22.2 Å². The number of hydrogen-bond donors (Lipinski definition) is 2. The molecule has 0 radical (unpaired) electrons. The fourth-order valence-electron chi connectivity index (χ4n) is 2.18. The van der Waals surface area contributed by atoms with Gasteiger partial charge in [-0.1, -0.05) is 23.8 Å². The van der Waals surface area contributed by atoms with Crippen LogP contribution < -0.4 is 10.9 Å². The molecule has 1 amide bonds. The van der Waals surface area contributed by atoms with Crippen molar-refractivity contribution in [2.75, 3.05) is 5.32 Å². The Morgan fingerprint density at radius 1 is 1.19 bits per heavy atom. The highest BCUT2D eigenvalue weighted by Gasteiger charge is 2.10. The van der Waals surface area contributed by atoms with Crippen LogP contribution in [0.1, 0.15) is 15.9 Å². The molecule has 21 heavy (non-hydrogen) atoms. The van der Waals surface area contributed by atoms with Crippen molar-refractivity contribution >= 4 is 22.5 Å². The van der Waals surface area contributed by atoms with Crippen LogP contribution in [-0.2, 0) is 0 Å². The number of rotatable bonds is 2. The number of nitrogens with one attached hydrogen (secondary N) is 2. The minimum Gasteiger partial charge on any atom is -0.320 e. The van der Waals surface area contributed by atoms with Crippen molar-refractivity contribution in [3.05, 3.63) is 70.3 Å². The Balaban J connectivity index is 2.01. The number of carbonyl (C=O) groups excluding carboxylic acids is 1. The number of H-pyrrole nitrogens is 1. The zero-order chi connectivity index (χ0) is 14.8. The van der Waals surface area contributed by atoms with E-state index in [1.54, 1.807) is 30.3 Å². The second-order valence-corrected chi connectivity index (χ2v) is 4.76. The summed E-state index contributed by atoms with van der Waals surface area (Å²) >= 11 is 0. The summed E-state index contributed by atoms with van der Waals surface area (Å²) in [5.41, 5.74) is 2.34. The van der Waals surface area contributed by atoms with Crippen LogP contribution in [0.15, 0.2) is 53.6 Å². The monoisotopic (exact) mass is 279 g/mol. The van der Waals surface area contributed by atoms with Crippen LogP contribution in [0, 0.1) is 6.92 Å². The van der Waals surface area contributed by atoms with Gasteiger partial charge in [-0.15, -0.1) is 0 Å². The number of para-hydroxylation sites is 1. The topological polar surface area (TPSA) is 74.8 Å². The molecule has 0 saturated carbocycles. The summed E-state index contributed by atoms with van der Waals surface area (Å²) in [4.78, 5) is 30.6. The summed E-state index contributed by atoms with van der Waals surface area (Å²) in [7, 11) is 0. The second kappa shape index (κ2) is 5.20. The van der Waals surface area contributed by atoms with E-state index in [4.69, 9.17) is 0 Å². The minimum absolute atomic E-state index is 0.228. The molecule has 1 aromatic heterocycles. The minimum atomic E-state index is -0.230. The van der Waals surface area contributed by atoms with Crippen molar-refractivity contribution in [3.63, 3.8) is 0 Å². The number of aryl methyl sites for hydroxylation is 1. The summed E-state index contributed by atoms with van der Waals surface area (Å²) in [5, 5.41) is 3.25. The van der Waals surface area contributed by atoms with E-state index in [1.807, 2.05) is 19.1 Å². The Morgan fingerprint density at radius 3 is 2.81 bits per heavy atom.